The van der Waals surface area contributed by atoms with Crippen molar-refractivity contribution in [3.63, 3.8) is 0 Å². The number of amides is 17. The van der Waals surface area contributed by atoms with Crippen LogP contribution in [0.3, 0.4) is 0 Å². The van der Waals surface area contributed by atoms with Gasteiger partial charge >= 0.3 is 18.2 Å². The Labute approximate surface area is 692 Å². The van der Waals surface area contributed by atoms with Gasteiger partial charge in [0.15, 0.2) is 0 Å². The predicted octanol–water partition coefficient (Wildman–Crippen LogP) is -3.19. The molecule has 0 saturated carbocycles. The zero-order chi connectivity index (χ0) is 87.4. The second kappa shape index (κ2) is 44.7. The number of benzene rings is 3. The molecule has 0 aliphatic carbocycles. The minimum absolute atomic E-state index is 0.00487. The van der Waals surface area contributed by atoms with E-state index in [9.17, 15) is 87.2 Å². The number of carboxylic acid groups (broad SMARTS) is 1. The summed E-state index contributed by atoms with van der Waals surface area (Å²) in [6.07, 6.45) is -2.92. The first-order chi connectivity index (χ1) is 57.2. The number of carbonyl (C=O) groups excluding carboxylic acids is 17. The molecule has 3 aromatic carbocycles. The van der Waals surface area contributed by atoms with Gasteiger partial charge in [-0.05, 0) is 59.7 Å². The van der Waals surface area contributed by atoms with Crippen LogP contribution in [0.2, 0.25) is 0 Å². The number of H-pyrrole nitrogens is 1. The Morgan fingerprint density at radius 2 is 1.33 bits per heavy atom. The Balaban J connectivity index is 0.882. The SMILES string of the molecule is CC[C@H](C)[C@H]1NC(=O)CNC(=O)[C@@H]2Cc3c([nH]c4cc(OC)ccc34)SC[C@H](NC(=O)CNC1=O)C(=O)N[C@@H](CC(=O)O)C(=O)N1C[C@@H](OC(=O)N(C)CCN(C)C(=O)OCc3ccc(NC(=O)CNC(=O)[C@@H](Cc4ccccc4)NC(=O)CNC(=O)CNC(=O)CCCCCN4C(=O)C=CC4=O)cc3)CC1C(=O)N[C@H]([C@@H](C)[C@@H](O)CO)C(=O)N2. The number of anilines is 1. The highest BCUT2D eigenvalue weighted by Crippen LogP contribution is 2.34. The van der Waals surface area contributed by atoms with Crippen LogP contribution in [0.5, 0.6) is 5.75 Å². The first-order valence-corrected chi connectivity index (χ1v) is 39.8. The molecule has 0 spiro atoms. The quantitative estimate of drug-likeness (QED) is 0.0174. The maximum Gasteiger partial charge on any atom is 0.409 e. The number of thioether (sulfide) groups is 1. The normalized spacial score (nSPS) is 20.4. The standard InChI is InChI=1S/C78H101N17O24S/c1-7-42(2)67-73(112)83-36-62(102)86-55-41-120-75-50(49-22-21-47(117-6)29-51(49)89-75)31-53(70(109)82-37-63(103)90-67)87-74(113)68(43(3)57(97)39-96)91-72(111)56-30-48(38-95(56)76(114)54(32-66(106)107)88-71(55)110)119-78(116)93(5)27-26-92(4)77(115)118-40-45-17-19-46(20-18-45)84-60(100)35-81-69(108)52(28-44-14-10-8-11-15-44)85-61(101)34-80-59(99)33-79-58(98)16-12-9-13-25-94-64(104)23-24-65(94)105/h8,10-11,14-15,17-24,29,42-43,48,52-57,67-68,89,96-97H,7,9,12-13,16,25-28,30-41H2,1-6H3,(H,79,98)(H,80,99)(H,81,108)(H,82,109)(H,83,112)(H,84,100)(H,85,101)(H,86,102)(H,87,113)(H,88,110)(H,90,103)(H,91,111)(H,106,107)/t42-,43-,48-,52+,53-,54-,55-,56?,57-,67+,68+/m0/s1. The number of ether oxygens (including phenoxy) is 3. The molecular weight excluding hydrogens is 1590 g/mol. The highest BCUT2D eigenvalue weighted by atomic mass is 32.2. The first kappa shape index (κ1) is 92.8. The van der Waals surface area contributed by atoms with Crippen molar-refractivity contribution in [1.29, 1.82) is 0 Å². The molecule has 2 bridgehead atoms. The number of rotatable bonds is 31. The number of aliphatic hydroxyl groups excluding tert-OH is 2. The van der Waals surface area contributed by atoms with E-state index in [1.54, 1.807) is 74.5 Å². The Morgan fingerprint density at radius 3 is 2.01 bits per heavy atom. The molecule has 4 aromatic rings. The number of methoxy groups -OCH3 is 1. The Kier molecular flexibility index (Phi) is 34.6. The smallest absolute Gasteiger partial charge is 0.409 e. The molecule has 1 aromatic heterocycles. The number of nitrogens with zero attached hydrogens (tertiary/aromatic N) is 4. The fourth-order valence-corrected chi connectivity index (χ4v) is 14.2. The van der Waals surface area contributed by atoms with Crippen molar-refractivity contribution in [2.75, 3.05) is 97.8 Å². The van der Waals surface area contributed by atoms with E-state index in [1.807, 2.05) is 0 Å². The zero-order valence-electron chi connectivity index (χ0n) is 66.9. The minimum Gasteiger partial charge on any atom is -0.497 e. The second-order valence-electron chi connectivity index (χ2n) is 29.1. The van der Waals surface area contributed by atoms with Crippen LogP contribution in [-0.4, -0.2) is 294 Å². The summed E-state index contributed by atoms with van der Waals surface area (Å²) in [6, 6.07) is 8.02. The van der Waals surface area contributed by atoms with Gasteiger partial charge < -0.3 is 113 Å². The molecule has 11 atom stereocenters. The monoisotopic (exact) mass is 1690 g/mol. The van der Waals surface area contributed by atoms with E-state index < -0.39 is 244 Å². The summed E-state index contributed by atoms with van der Waals surface area (Å²) in [7, 11) is 4.08. The van der Waals surface area contributed by atoms with E-state index in [2.05, 4.69) is 68.8 Å². The zero-order valence-corrected chi connectivity index (χ0v) is 67.7. The number of likely N-dealkylation sites (N-methyl/N-ethyl adjacent to an activating group) is 2. The van der Waals surface area contributed by atoms with Gasteiger partial charge in [-0.25, -0.2) is 9.59 Å². The van der Waals surface area contributed by atoms with Crippen LogP contribution >= 0.6 is 11.8 Å². The van der Waals surface area contributed by atoms with Gasteiger partial charge in [0, 0.05) is 100 Å². The van der Waals surface area contributed by atoms with Gasteiger partial charge in [-0.1, -0.05) is 76.1 Å². The third-order valence-corrected chi connectivity index (χ3v) is 21.4. The lowest BCUT2D eigenvalue weighted by atomic mass is 9.93. The van der Waals surface area contributed by atoms with Crippen molar-refractivity contribution in [2.45, 2.75) is 145 Å². The highest BCUT2D eigenvalue weighted by molar-refractivity contribution is 7.99. The number of hydrogen-bond donors (Lipinski definition) is 16. The van der Waals surface area contributed by atoms with Gasteiger partial charge in [-0.15, -0.1) is 11.8 Å². The molecule has 17 amide bonds. The molecule has 8 rings (SSSR count). The highest BCUT2D eigenvalue weighted by Gasteiger charge is 2.47. The van der Waals surface area contributed by atoms with E-state index in [0.717, 1.165) is 31.4 Å². The lowest BCUT2D eigenvalue weighted by Crippen LogP contribution is -2.62. The summed E-state index contributed by atoms with van der Waals surface area (Å²) < 4.78 is 16.8. The predicted molar refractivity (Wildman–Crippen MR) is 425 cm³/mol. The van der Waals surface area contributed by atoms with E-state index in [1.165, 1.54) is 52.4 Å². The number of aromatic nitrogens is 1. The van der Waals surface area contributed by atoms with Gasteiger partial charge in [0.2, 0.25) is 76.8 Å². The first-order valence-electron chi connectivity index (χ1n) is 38.8. The van der Waals surface area contributed by atoms with Gasteiger partial charge in [-0.3, -0.25) is 81.6 Å². The Morgan fingerprint density at radius 1 is 0.675 bits per heavy atom. The fourth-order valence-electron chi connectivity index (χ4n) is 13.1. The molecule has 1 unspecified atom stereocenters. The van der Waals surface area contributed by atoms with Crippen LogP contribution in [0.4, 0.5) is 15.3 Å². The maximum absolute atomic E-state index is 15.1. The molecule has 120 heavy (non-hydrogen) atoms. The molecule has 1 saturated heterocycles. The van der Waals surface area contributed by atoms with Crippen molar-refractivity contribution < 1.29 is 116 Å². The number of nitrogens with one attached hydrogen (secondary N) is 13. The minimum atomic E-state index is -2.05. The molecular formula is C78H101N17O24S. The van der Waals surface area contributed by atoms with E-state index in [4.69, 9.17) is 14.2 Å². The number of imide groups is 1. The van der Waals surface area contributed by atoms with Gasteiger partial charge in [0.1, 0.15) is 60.8 Å². The molecule has 1 fully saturated rings. The molecule has 0 radical (unpaired) electrons. The summed E-state index contributed by atoms with van der Waals surface area (Å²) in [4.78, 5) is 251. The average Bonchev–Trinajstić information content (AvgIpc) is 1.63. The number of hydrogen-bond acceptors (Lipinski definition) is 24. The third kappa shape index (κ3) is 27.2. The largest absolute Gasteiger partial charge is 0.497 e. The van der Waals surface area contributed by atoms with Crippen molar-refractivity contribution in [2.24, 2.45) is 11.8 Å². The molecule has 4 aliphatic rings. The van der Waals surface area contributed by atoms with E-state index >= 15 is 14.4 Å². The van der Waals surface area contributed by atoms with E-state index in [0.29, 0.717) is 59.0 Å². The Bertz CT molecular complexity index is 4470. The Hall–Kier alpha value is -12.7. The van der Waals surface area contributed by atoms with Crippen molar-refractivity contribution >= 4 is 135 Å². The number of aliphatic carboxylic acids is 1. The topological polar surface area (TPSA) is 569 Å². The van der Waals surface area contributed by atoms with Crippen LogP contribution < -0.4 is 68.5 Å². The number of carbonyl (C=O) groups is 18. The van der Waals surface area contributed by atoms with Gasteiger partial charge in [-0.2, -0.15) is 0 Å². The van der Waals surface area contributed by atoms with Crippen LogP contribution in [0.15, 0.2) is 90.0 Å². The van der Waals surface area contributed by atoms with Gasteiger partial charge in [0.05, 0.1) is 76.1 Å². The number of unbranched alkanes of at least 4 members (excludes halogenated alkanes) is 2. The van der Waals surface area contributed by atoms with Gasteiger partial charge in [0.25, 0.3) is 11.8 Å². The fraction of sp³-hybridized carbons (Fsp3) is 0.487. The number of aromatic amines is 1. The number of fused-ring (bicyclic) bond motifs is 5. The summed E-state index contributed by atoms with van der Waals surface area (Å²) in [6.45, 7) is -0.471. The summed E-state index contributed by atoms with van der Waals surface area (Å²) >= 11 is 0.912. The van der Waals surface area contributed by atoms with Crippen LogP contribution in [0.1, 0.15) is 82.4 Å². The van der Waals surface area contributed by atoms with Crippen molar-refractivity contribution in [3.8, 4) is 5.75 Å². The lowest BCUT2D eigenvalue weighted by Gasteiger charge is -2.32. The molecule has 41 nitrogen and oxygen atoms in total. The van der Waals surface area contributed by atoms with Crippen LogP contribution in [-0.2, 0) is 106 Å². The van der Waals surface area contributed by atoms with E-state index in [-0.39, 0.29) is 49.8 Å². The van der Waals surface area contributed by atoms with Crippen LogP contribution in [0, 0.1) is 11.8 Å². The van der Waals surface area contributed by atoms with Crippen molar-refractivity contribution in [3.05, 3.63) is 102 Å². The summed E-state index contributed by atoms with van der Waals surface area (Å²) in [5.74, 6) is -16.0. The molecule has 16 N–H and O–H groups in total. The van der Waals surface area contributed by atoms with Crippen LogP contribution in [0.25, 0.3) is 10.9 Å². The second-order valence-corrected chi connectivity index (χ2v) is 30.1. The molecule has 648 valence electrons. The third-order valence-electron chi connectivity index (χ3n) is 20.3. The maximum atomic E-state index is 15.1. The summed E-state index contributed by atoms with van der Waals surface area (Å²) in [5.41, 5.74) is 2.14. The molecule has 4 aliphatic heterocycles. The summed E-state index contributed by atoms with van der Waals surface area (Å²) in [5, 5.41) is 62.6. The lowest BCUT2D eigenvalue weighted by molar-refractivity contribution is -0.146. The number of aliphatic hydroxyl groups is 2. The average molecular weight is 1690 g/mol. The van der Waals surface area contributed by atoms with Crippen molar-refractivity contribution in [1.82, 2.24) is 83.1 Å². The number of carboxylic acids is 1. The molecule has 5 heterocycles. The molecule has 42 heteroatoms.